The van der Waals surface area contributed by atoms with Gasteiger partial charge < -0.3 is 20.5 Å². The van der Waals surface area contributed by atoms with Gasteiger partial charge in [0.15, 0.2) is 0 Å². The van der Waals surface area contributed by atoms with Crippen molar-refractivity contribution in [3.8, 4) is 5.75 Å². The zero-order chi connectivity index (χ0) is 18.9. The molecule has 1 amide bonds. The lowest BCUT2D eigenvalue weighted by Gasteiger charge is -2.15. The number of carbonyl (C=O) groups is 1. The van der Waals surface area contributed by atoms with E-state index in [4.69, 9.17) is 10.5 Å². The monoisotopic (exact) mass is 364 g/mol. The molecular formula is C19H22F2N2O3. The maximum atomic E-state index is 12.7. The summed E-state index contributed by atoms with van der Waals surface area (Å²) < 4.78 is 35.0. The van der Waals surface area contributed by atoms with Crippen LogP contribution in [0.1, 0.15) is 17.5 Å². The number of hydrogen-bond donors (Lipinski definition) is 2. The average Bonchev–Trinajstić information content (AvgIpc) is 2.62. The second kappa shape index (κ2) is 9.84. The van der Waals surface area contributed by atoms with Gasteiger partial charge in [-0.25, -0.2) is 0 Å². The van der Waals surface area contributed by atoms with Crippen LogP contribution in [-0.2, 0) is 16.0 Å². The molecule has 0 saturated heterocycles. The second-order valence-electron chi connectivity index (χ2n) is 5.71. The molecule has 2 aromatic carbocycles. The first-order chi connectivity index (χ1) is 12.5. The van der Waals surface area contributed by atoms with Gasteiger partial charge >= 0.3 is 6.61 Å². The lowest BCUT2D eigenvalue weighted by molar-refractivity contribution is -0.118. The van der Waals surface area contributed by atoms with Crippen molar-refractivity contribution in [3.63, 3.8) is 0 Å². The van der Waals surface area contributed by atoms with Crippen LogP contribution in [0.5, 0.6) is 5.75 Å². The standard InChI is InChI=1S/C19H22F2N2O3/c1-25-16(12-22)11-18(24)23-15-7-8-17(26-19(20)21)14(10-15)9-13-5-3-2-4-6-13/h2-8,10,16,19H,9,11-12,22H2,1H3,(H,23,24). The Balaban J connectivity index is 2.18. The van der Waals surface area contributed by atoms with Gasteiger partial charge in [0.05, 0.1) is 12.5 Å². The molecule has 2 rings (SSSR count). The molecule has 5 nitrogen and oxygen atoms in total. The zero-order valence-electron chi connectivity index (χ0n) is 14.5. The van der Waals surface area contributed by atoms with Crippen molar-refractivity contribution in [2.24, 2.45) is 5.73 Å². The molecule has 1 atom stereocenters. The third-order valence-corrected chi connectivity index (χ3v) is 3.81. The molecule has 0 heterocycles. The molecule has 1 unspecified atom stereocenters. The van der Waals surface area contributed by atoms with Gasteiger partial charge in [-0.05, 0) is 23.8 Å². The number of methoxy groups -OCH3 is 1. The van der Waals surface area contributed by atoms with Crippen LogP contribution >= 0.6 is 0 Å². The number of hydrogen-bond acceptors (Lipinski definition) is 4. The molecule has 2 aromatic rings. The highest BCUT2D eigenvalue weighted by molar-refractivity contribution is 5.91. The molecule has 0 radical (unpaired) electrons. The molecule has 0 aliphatic heterocycles. The molecular weight excluding hydrogens is 342 g/mol. The van der Waals surface area contributed by atoms with Crippen LogP contribution in [0, 0.1) is 0 Å². The summed E-state index contributed by atoms with van der Waals surface area (Å²) in [5.41, 5.74) is 7.50. The molecule has 0 spiro atoms. The Morgan fingerprint density at radius 1 is 1.19 bits per heavy atom. The zero-order valence-corrected chi connectivity index (χ0v) is 14.5. The van der Waals surface area contributed by atoms with Crippen molar-refractivity contribution in [2.75, 3.05) is 19.0 Å². The summed E-state index contributed by atoms with van der Waals surface area (Å²) in [6.07, 6.45) is 0.132. The van der Waals surface area contributed by atoms with Gasteiger partial charge in [0.1, 0.15) is 5.75 Å². The van der Waals surface area contributed by atoms with Gasteiger partial charge in [-0.1, -0.05) is 30.3 Å². The Morgan fingerprint density at radius 2 is 1.92 bits per heavy atom. The molecule has 0 aromatic heterocycles. The number of halogens is 2. The van der Waals surface area contributed by atoms with E-state index in [1.807, 2.05) is 30.3 Å². The van der Waals surface area contributed by atoms with E-state index in [-0.39, 0.29) is 30.7 Å². The first-order valence-electron chi connectivity index (χ1n) is 8.16. The van der Waals surface area contributed by atoms with E-state index in [2.05, 4.69) is 10.1 Å². The molecule has 7 heteroatoms. The lowest BCUT2D eigenvalue weighted by atomic mass is 10.0. The van der Waals surface area contributed by atoms with Crippen LogP contribution in [0.3, 0.4) is 0 Å². The quantitative estimate of drug-likeness (QED) is 0.717. The number of carbonyl (C=O) groups excluding carboxylic acids is 1. The van der Waals surface area contributed by atoms with E-state index >= 15 is 0 Å². The highest BCUT2D eigenvalue weighted by Crippen LogP contribution is 2.27. The summed E-state index contributed by atoms with van der Waals surface area (Å²) in [5, 5.41) is 2.73. The number of amides is 1. The fourth-order valence-electron chi connectivity index (χ4n) is 2.50. The van der Waals surface area contributed by atoms with E-state index in [1.165, 1.54) is 19.2 Å². The van der Waals surface area contributed by atoms with E-state index in [0.29, 0.717) is 17.7 Å². The van der Waals surface area contributed by atoms with Gasteiger partial charge in [-0.2, -0.15) is 8.78 Å². The highest BCUT2D eigenvalue weighted by atomic mass is 19.3. The Hall–Kier alpha value is -2.51. The van der Waals surface area contributed by atoms with E-state index in [1.54, 1.807) is 6.07 Å². The maximum Gasteiger partial charge on any atom is 0.387 e. The van der Waals surface area contributed by atoms with Gasteiger partial charge in [-0.15, -0.1) is 0 Å². The number of rotatable bonds is 9. The Bertz CT molecular complexity index is 707. The van der Waals surface area contributed by atoms with Crippen LogP contribution in [0.2, 0.25) is 0 Å². The summed E-state index contributed by atoms with van der Waals surface area (Å²) in [6.45, 7) is -2.69. The Morgan fingerprint density at radius 3 is 2.54 bits per heavy atom. The minimum atomic E-state index is -2.92. The fraction of sp³-hybridized carbons (Fsp3) is 0.316. The third-order valence-electron chi connectivity index (χ3n) is 3.81. The van der Waals surface area contributed by atoms with Crippen LogP contribution in [0.25, 0.3) is 0 Å². The fourth-order valence-corrected chi connectivity index (χ4v) is 2.50. The largest absolute Gasteiger partial charge is 0.435 e. The van der Waals surface area contributed by atoms with Crippen molar-refractivity contribution < 1.29 is 23.0 Å². The summed E-state index contributed by atoms with van der Waals surface area (Å²) in [7, 11) is 1.49. The van der Waals surface area contributed by atoms with E-state index in [9.17, 15) is 13.6 Å². The van der Waals surface area contributed by atoms with E-state index in [0.717, 1.165) is 5.56 Å². The van der Waals surface area contributed by atoms with Crippen molar-refractivity contribution in [3.05, 3.63) is 59.7 Å². The number of nitrogens with one attached hydrogen (secondary N) is 1. The van der Waals surface area contributed by atoms with Crippen LogP contribution in [0.15, 0.2) is 48.5 Å². The first-order valence-corrected chi connectivity index (χ1v) is 8.16. The van der Waals surface area contributed by atoms with Gasteiger partial charge in [0.25, 0.3) is 0 Å². The van der Waals surface area contributed by atoms with Crippen LogP contribution in [-0.4, -0.2) is 32.3 Å². The normalized spacial score (nSPS) is 12.0. The third kappa shape index (κ3) is 6.09. The number of anilines is 1. The summed E-state index contributed by atoms with van der Waals surface area (Å²) in [6, 6.07) is 14.0. The van der Waals surface area contributed by atoms with Crippen LogP contribution < -0.4 is 15.8 Å². The number of nitrogens with two attached hydrogens (primary N) is 1. The Labute approximate surface area is 151 Å². The van der Waals surface area contributed by atoms with Crippen molar-refractivity contribution in [1.82, 2.24) is 0 Å². The molecule has 3 N–H and O–H groups in total. The highest BCUT2D eigenvalue weighted by Gasteiger charge is 2.14. The molecule has 0 bridgehead atoms. The minimum absolute atomic E-state index is 0.0820. The maximum absolute atomic E-state index is 12.7. The number of benzene rings is 2. The van der Waals surface area contributed by atoms with Gasteiger partial charge in [0.2, 0.25) is 5.91 Å². The Kier molecular flexibility index (Phi) is 7.50. The predicted octanol–water partition coefficient (Wildman–Crippen LogP) is 3.18. The predicted molar refractivity (Wildman–Crippen MR) is 95.4 cm³/mol. The SMILES string of the molecule is COC(CN)CC(=O)Nc1ccc(OC(F)F)c(Cc2ccccc2)c1. The topological polar surface area (TPSA) is 73.6 Å². The van der Waals surface area contributed by atoms with Crippen molar-refractivity contribution >= 4 is 11.6 Å². The minimum Gasteiger partial charge on any atom is -0.435 e. The average molecular weight is 364 g/mol. The molecule has 0 aliphatic rings. The van der Waals surface area contributed by atoms with Gasteiger partial charge in [-0.3, -0.25) is 4.79 Å². The molecule has 0 fully saturated rings. The van der Waals surface area contributed by atoms with Gasteiger partial charge in [0, 0.05) is 31.3 Å². The number of alkyl halides is 2. The smallest absolute Gasteiger partial charge is 0.387 e. The summed E-state index contributed by atoms with van der Waals surface area (Å²) in [5.74, 6) is -0.186. The molecule has 26 heavy (non-hydrogen) atoms. The molecule has 0 saturated carbocycles. The lowest BCUT2D eigenvalue weighted by Crippen LogP contribution is -2.28. The number of ether oxygens (including phenoxy) is 2. The summed E-state index contributed by atoms with van der Waals surface area (Å²) >= 11 is 0. The van der Waals surface area contributed by atoms with Crippen molar-refractivity contribution in [2.45, 2.75) is 25.6 Å². The molecule has 0 aliphatic carbocycles. The summed E-state index contributed by atoms with van der Waals surface area (Å²) in [4.78, 5) is 12.1. The van der Waals surface area contributed by atoms with Crippen molar-refractivity contribution in [1.29, 1.82) is 0 Å². The molecule has 140 valence electrons. The van der Waals surface area contributed by atoms with Crippen LogP contribution in [0.4, 0.5) is 14.5 Å². The first kappa shape index (κ1) is 19.8. The van der Waals surface area contributed by atoms with E-state index < -0.39 is 6.61 Å². The second-order valence-corrected chi connectivity index (χ2v) is 5.71.